The molecule has 0 amide bonds. The van der Waals surface area contributed by atoms with Gasteiger partial charge in [-0.1, -0.05) is 17.9 Å². The van der Waals surface area contributed by atoms with Gasteiger partial charge in [0.15, 0.2) is 11.6 Å². The molecule has 0 atom stereocenters. The molecule has 0 saturated carbocycles. The summed E-state index contributed by atoms with van der Waals surface area (Å²) in [7, 11) is 0. The first-order valence-corrected chi connectivity index (χ1v) is 6.06. The van der Waals surface area contributed by atoms with Crippen molar-refractivity contribution in [2.45, 2.75) is 6.61 Å². The largest absolute Gasteiger partial charge is 0.489 e. The van der Waals surface area contributed by atoms with Crippen LogP contribution in [0.3, 0.4) is 0 Å². The highest BCUT2D eigenvalue weighted by atomic mass is 19.2. The summed E-state index contributed by atoms with van der Waals surface area (Å²) in [6.07, 6.45) is 0. The van der Waals surface area contributed by atoms with Crippen LogP contribution in [0.25, 0.3) is 0 Å². The number of ether oxygens (including phenoxy) is 1. The molecule has 21 heavy (non-hydrogen) atoms. The molecular weight excluding hydrogens is 281 g/mol. The van der Waals surface area contributed by atoms with Crippen LogP contribution in [-0.4, -0.2) is 11.7 Å². The third kappa shape index (κ3) is 4.01. The van der Waals surface area contributed by atoms with Crippen molar-refractivity contribution in [2.75, 3.05) is 6.61 Å². The van der Waals surface area contributed by atoms with Crippen molar-refractivity contribution in [3.8, 4) is 17.6 Å². The minimum absolute atomic E-state index is 0.0156. The number of benzene rings is 2. The molecule has 108 valence electrons. The minimum atomic E-state index is -0.961. The smallest absolute Gasteiger partial charge is 0.159 e. The van der Waals surface area contributed by atoms with E-state index in [-0.39, 0.29) is 24.5 Å². The minimum Gasteiger partial charge on any atom is -0.489 e. The number of rotatable bonds is 3. The zero-order chi connectivity index (χ0) is 15.2. The first-order chi connectivity index (χ1) is 10.1. The van der Waals surface area contributed by atoms with Crippen LogP contribution >= 0.6 is 0 Å². The Morgan fingerprint density at radius 3 is 2.43 bits per heavy atom. The van der Waals surface area contributed by atoms with Crippen molar-refractivity contribution in [1.29, 1.82) is 0 Å². The fraction of sp³-hybridized carbons (Fsp3) is 0.125. The maximum atomic E-state index is 13.6. The Kier molecular flexibility index (Phi) is 4.85. The molecule has 0 spiro atoms. The molecule has 0 saturated heterocycles. The number of hydrogen-bond acceptors (Lipinski definition) is 2. The molecule has 2 nitrogen and oxygen atoms in total. The lowest BCUT2D eigenvalue weighted by Crippen LogP contribution is -1.98. The first kappa shape index (κ1) is 14.9. The van der Waals surface area contributed by atoms with Crippen LogP contribution in [-0.2, 0) is 6.61 Å². The van der Waals surface area contributed by atoms with Crippen LogP contribution in [0, 0.1) is 29.3 Å². The van der Waals surface area contributed by atoms with Crippen LogP contribution in [0.5, 0.6) is 5.75 Å². The molecule has 0 aromatic heterocycles. The predicted molar refractivity (Wildman–Crippen MR) is 71.1 cm³/mol. The second-order valence-electron chi connectivity index (χ2n) is 4.14. The quantitative estimate of drug-likeness (QED) is 0.881. The average molecular weight is 292 g/mol. The lowest BCUT2D eigenvalue weighted by atomic mass is 10.2. The summed E-state index contributed by atoms with van der Waals surface area (Å²) in [5.74, 6) is 2.56. The van der Waals surface area contributed by atoms with Crippen LogP contribution in [0.4, 0.5) is 13.2 Å². The first-order valence-electron chi connectivity index (χ1n) is 6.06. The number of aliphatic hydroxyl groups is 1. The van der Waals surface area contributed by atoms with Gasteiger partial charge in [-0.25, -0.2) is 13.2 Å². The van der Waals surface area contributed by atoms with E-state index in [2.05, 4.69) is 11.8 Å². The van der Waals surface area contributed by atoms with Crippen molar-refractivity contribution in [3.05, 3.63) is 65.0 Å². The molecule has 0 aliphatic rings. The molecule has 0 heterocycles. The van der Waals surface area contributed by atoms with Crippen molar-refractivity contribution in [3.63, 3.8) is 0 Å². The summed E-state index contributed by atoms with van der Waals surface area (Å²) < 4.78 is 44.7. The van der Waals surface area contributed by atoms with E-state index in [1.54, 1.807) is 0 Å². The molecule has 0 unspecified atom stereocenters. The highest BCUT2D eigenvalue weighted by molar-refractivity contribution is 5.39. The summed E-state index contributed by atoms with van der Waals surface area (Å²) in [6, 6.07) is 7.47. The monoisotopic (exact) mass is 292 g/mol. The van der Waals surface area contributed by atoms with Crippen molar-refractivity contribution in [2.24, 2.45) is 0 Å². The van der Waals surface area contributed by atoms with Gasteiger partial charge in [-0.2, -0.15) is 0 Å². The summed E-state index contributed by atoms with van der Waals surface area (Å²) in [4.78, 5) is 0. The topological polar surface area (TPSA) is 29.5 Å². The molecule has 0 aliphatic heterocycles. The Labute approximate surface area is 119 Å². The van der Waals surface area contributed by atoms with E-state index in [0.29, 0.717) is 5.56 Å². The maximum Gasteiger partial charge on any atom is 0.159 e. The number of hydrogen-bond donors (Lipinski definition) is 1. The SMILES string of the molecule is OCC#Cc1ccc(OCc2ccc(F)c(F)c2)cc1F. The number of aliphatic hydroxyl groups excluding tert-OH is 1. The Morgan fingerprint density at radius 2 is 1.76 bits per heavy atom. The van der Waals surface area contributed by atoms with Gasteiger partial charge in [0.25, 0.3) is 0 Å². The molecule has 2 rings (SSSR count). The lowest BCUT2D eigenvalue weighted by molar-refractivity contribution is 0.303. The van der Waals surface area contributed by atoms with E-state index in [0.717, 1.165) is 18.2 Å². The van der Waals surface area contributed by atoms with Gasteiger partial charge in [0.2, 0.25) is 0 Å². The summed E-state index contributed by atoms with van der Waals surface area (Å²) in [5, 5.41) is 8.55. The van der Waals surface area contributed by atoms with Gasteiger partial charge in [-0.3, -0.25) is 0 Å². The van der Waals surface area contributed by atoms with E-state index >= 15 is 0 Å². The van der Waals surface area contributed by atoms with Crippen LogP contribution < -0.4 is 4.74 Å². The Morgan fingerprint density at radius 1 is 0.952 bits per heavy atom. The lowest BCUT2D eigenvalue weighted by Gasteiger charge is -2.07. The van der Waals surface area contributed by atoms with Crippen LogP contribution in [0.2, 0.25) is 0 Å². The van der Waals surface area contributed by atoms with Gasteiger partial charge in [-0.05, 0) is 29.8 Å². The second-order valence-corrected chi connectivity index (χ2v) is 4.14. The number of halogens is 3. The fourth-order valence-electron chi connectivity index (χ4n) is 1.62. The molecule has 0 fully saturated rings. The van der Waals surface area contributed by atoms with E-state index < -0.39 is 17.5 Å². The predicted octanol–water partition coefficient (Wildman–Crippen LogP) is 3.03. The summed E-state index contributed by atoms with van der Waals surface area (Å²) in [5.41, 5.74) is 0.572. The Hall–Kier alpha value is -2.45. The van der Waals surface area contributed by atoms with Crippen molar-refractivity contribution >= 4 is 0 Å². The summed E-state index contributed by atoms with van der Waals surface area (Å²) >= 11 is 0. The molecule has 0 radical (unpaired) electrons. The second kappa shape index (κ2) is 6.82. The van der Waals surface area contributed by atoms with Gasteiger partial charge >= 0.3 is 0 Å². The van der Waals surface area contributed by atoms with E-state index in [9.17, 15) is 13.2 Å². The fourth-order valence-corrected chi connectivity index (χ4v) is 1.62. The molecule has 1 N–H and O–H groups in total. The van der Waals surface area contributed by atoms with Gasteiger partial charge in [0.05, 0.1) is 5.56 Å². The molecular formula is C16H11F3O2. The average Bonchev–Trinajstić information content (AvgIpc) is 2.47. The molecule has 0 aliphatic carbocycles. The zero-order valence-electron chi connectivity index (χ0n) is 10.9. The van der Waals surface area contributed by atoms with Crippen LogP contribution in [0.1, 0.15) is 11.1 Å². The van der Waals surface area contributed by atoms with Crippen molar-refractivity contribution < 1.29 is 23.0 Å². The summed E-state index contributed by atoms with van der Waals surface area (Å²) in [6.45, 7) is -0.369. The van der Waals surface area contributed by atoms with Gasteiger partial charge in [0.1, 0.15) is 24.8 Å². The van der Waals surface area contributed by atoms with Gasteiger partial charge in [-0.15, -0.1) is 0 Å². The molecule has 2 aromatic carbocycles. The Balaban J connectivity index is 2.06. The normalized spacial score (nSPS) is 9.90. The zero-order valence-corrected chi connectivity index (χ0v) is 10.9. The third-order valence-corrected chi connectivity index (χ3v) is 2.63. The molecule has 2 aromatic rings. The highest BCUT2D eigenvalue weighted by Gasteiger charge is 2.05. The van der Waals surface area contributed by atoms with E-state index in [4.69, 9.17) is 9.84 Å². The maximum absolute atomic E-state index is 13.6. The molecule has 5 heteroatoms. The highest BCUT2D eigenvalue weighted by Crippen LogP contribution is 2.18. The standard InChI is InChI=1S/C16H11F3O2/c17-14-6-3-11(8-16(14)19)10-21-13-5-4-12(2-1-7-20)15(18)9-13/h3-6,8-9,20H,7,10H2. The van der Waals surface area contributed by atoms with Gasteiger partial charge in [0, 0.05) is 6.07 Å². The van der Waals surface area contributed by atoms with Gasteiger partial charge < -0.3 is 9.84 Å². The van der Waals surface area contributed by atoms with Crippen molar-refractivity contribution in [1.82, 2.24) is 0 Å². The van der Waals surface area contributed by atoms with Crippen LogP contribution in [0.15, 0.2) is 36.4 Å². The van der Waals surface area contributed by atoms with E-state index in [1.807, 2.05) is 0 Å². The Bertz CT molecular complexity index is 702. The third-order valence-electron chi connectivity index (χ3n) is 2.63. The molecule has 0 bridgehead atoms. The van der Waals surface area contributed by atoms with E-state index in [1.165, 1.54) is 18.2 Å².